The van der Waals surface area contributed by atoms with Gasteiger partial charge in [0.25, 0.3) is 5.89 Å². The summed E-state index contributed by atoms with van der Waals surface area (Å²) in [6.45, 7) is -0.514. The molecule has 0 bridgehead atoms. The molecule has 0 aliphatic rings. The molecule has 1 aromatic rings. The number of rotatable bonds is 2. The molecular formula is C4H4F2N2O2. The third-order valence-corrected chi connectivity index (χ3v) is 0.814. The van der Waals surface area contributed by atoms with E-state index in [1.54, 1.807) is 0 Å². The first kappa shape index (κ1) is 7.07. The summed E-state index contributed by atoms with van der Waals surface area (Å²) in [5.74, 6) is -0.889. The molecule has 0 fully saturated rings. The highest BCUT2D eigenvalue weighted by Gasteiger charge is 2.14. The van der Waals surface area contributed by atoms with Crippen LogP contribution in [-0.2, 0) is 6.61 Å². The van der Waals surface area contributed by atoms with Crippen LogP contribution >= 0.6 is 0 Å². The third-order valence-electron chi connectivity index (χ3n) is 0.814. The molecule has 1 heterocycles. The van der Waals surface area contributed by atoms with Crippen LogP contribution in [0.15, 0.2) is 4.52 Å². The van der Waals surface area contributed by atoms with Crippen LogP contribution in [0.4, 0.5) is 8.78 Å². The lowest BCUT2D eigenvalue weighted by atomic mass is 10.6. The van der Waals surface area contributed by atoms with Crippen LogP contribution in [-0.4, -0.2) is 15.2 Å². The Hall–Kier alpha value is -1.04. The summed E-state index contributed by atoms with van der Waals surface area (Å²) in [6, 6.07) is 0. The van der Waals surface area contributed by atoms with E-state index in [-0.39, 0.29) is 5.89 Å². The molecule has 1 rings (SSSR count). The van der Waals surface area contributed by atoms with Crippen molar-refractivity contribution in [3.63, 3.8) is 0 Å². The van der Waals surface area contributed by atoms with E-state index in [0.29, 0.717) is 0 Å². The Bertz CT molecular complexity index is 213. The maximum absolute atomic E-state index is 11.7. The van der Waals surface area contributed by atoms with Crippen molar-refractivity contribution >= 4 is 0 Å². The normalized spacial score (nSPS) is 10.8. The van der Waals surface area contributed by atoms with Gasteiger partial charge in [-0.15, -0.1) is 0 Å². The number of hydrogen-bond donors (Lipinski definition) is 1. The summed E-state index contributed by atoms with van der Waals surface area (Å²) in [6.07, 6.45) is -2.75. The van der Waals surface area contributed by atoms with Crippen LogP contribution in [0.5, 0.6) is 0 Å². The van der Waals surface area contributed by atoms with Crippen LogP contribution < -0.4 is 0 Å². The SMILES string of the molecule is OCc1nc(C(F)F)no1. The van der Waals surface area contributed by atoms with Crippen LogP contribution in [0.3, 0.4) is 0 Å². The van der Waals surface area contributed by atoms with Gasteiger partial charge in [-0.25, -0.2) is 8.78 Å². The lowest BCUT2D eigenvalue weighted by Gasteiger charge is -1.83. The molecule has 56 valence electrons. The summed E-state index contributed by atoms with van der Waals surface area (Å²) < 4.78 is 27.5. The van der Waals surface area contributed by atoms with Crippen LogP contribution in [0.2, 0.25) is 0 Å². The van der Waals surface area contributed by atoms with Crippen molar-refractivity contribution in [1.29, 1.82) is 0 Å². The van der Waals surface area contributed by atoms with E-state index in [0.717, 1.165) is 0 Å². The fourth-order valence-corrected chi connectivity index (χ4v) is 0.421. The van der Waals surface area contributed by atoms with E-state index in [2.05, 4.69) is 14.7 Å². The summed E-state index contributed by atoms with van der Waals surface area (Å²) in [5.41, 5.74) is 0. The zero-order chi connectivity index (χ0) is 7.56. The molecule has 0 spiro atoms. The van der Waals surface area contributed by atoms with Crippen molar-refractivity contribution in [3.05, 3.63) is 11.7 Å². The van der Waals surface area contributed by atoms with Crippen molar-refractivity contribution in [2.45, 2.75) is 13.0 Å². The summed E-state index contributed by atoms with van der Waals surface area (Å²) in [4.78, 5) is 3.15. The zero-order valence-corrected chi connectivity index (χ0v) is 4.79. The molecule has 0 amide bonds. The van der Waals surface area contributed by atoms with E-state index in [9.17, 15) is 8.78 Å². The van der Waals surface area contributed by atoms with E-state index >= 15 is 0 Å². The molecule has 0 saturated heterocycles. The lowest BCUT2D eigenvalue weighted by Crippen LogP contribution is -1.87. The smallest absolute Gasteiger partial charge is 0.300 e. The van der Waals surface area contributed by atoms with Gasteiger partial charge in [0.1, 0.15) is 6.61 Å². The predicted octanol–water partition coefficient (Wildman–Crippen LogP) is 0.500. The number of alkyl halides is 2. The van der Waals surface area contributed by atoms with Gasteiger partial charge in [-0.1, -0.05) is 5.16 Å². The molecular weight excluding hydrogens is 146 g/mol. The number of aromatic nitrogens is 2. The second-order valence-electron chi connectivity index (χ2n) is 1.51. The highest BCUT2D eigenvalue weighted by Crippen LogP contribution is 2.13. The molecule has 6 heteroatoms. The van der Waals surface area contributed by atoms with Gasteiger partial charge in [-0.05, 0) is 0 Å². The zero-order valence-electron chi connectivity index (χ0n) is 4.79. The molecule has 10 heavy (non-hydrogen) atoms. The van der Waals surface area contributed by atoms with Gasteiger partial charge >= 0.3 is 6.43 Å². The minimum absolute atomic E-state index is 0.199. The lowest BCUT2D eigenvalue weighted by molar-refractivity contribution is 0.136. The Morgan fingerprint density at radius 2 is 2.30 bits per heavy atom. The summed E-state index contributed by atoms with van der Waals surface area (Å²) in [5, 5.41) is 11.2. The molecule has 0 atom stereocenters. The Balaban J connectivity index is 2.78. The molecule has 0 saturated carbocycles. The number of halogens is 2. The largest absolute Gasteiger partial charge is 0.387 e. The fraction of sp³-hybridized carbons (Fsp3) is 0.500. The van der Waals surface area contributed by atoms with Crippen LogP contribution in [0, 0.1) is 0 Å². The third kappa shape index (κ3) is 1.27. The second kappa shape index (κ2) is 2.70. The minimum Gasteiger partial charge on any atom is -0.387 e. The Labute approximate surface area is 54.5 Å². The van der Waals surface area contributed by atoms with Gasteiger partial charge in [0.15, 0.2) is 0 Å². The molecule has 0 aromatic carbocycles. The highest BCUT2D eigenvalue weighted by molar-refractivity contribution is 4.85. The van der Waals surface area contributed by atoms with Gasteiger partial charge in [0, 0.05) is 0 Å². The maximum atomic E-state index is 11.7. The predicted molar refractivity (Wildman–Crippen MR) is 25.2 cm³/mol. The number of aliphatic hydroxyl groups is 1. The Morgan fingerprint density at radius 1 is 1.60 bits per heavy atom. The Morgan fingerprint density at radius 3 is 2.60 bits per heavy atom. The fourth-order valence-electron chi connectivity index (χ4n) is 0.421. The van der Waals surface area contributed by atoms with Crippen LogP contribution in [0.25, 0.3) is 0 Å². The van der Waals surface area contributed by atoms with Crippen molar-refractivity contribution in [2.24, 2.45) is 0 Å². The monoisotopic (exact) mass is 150 g/mol. The van der Waals surface area contributed by atoms with Gasteiger partial charge in [0.05, 0.1) is 0 Å². The number of hydrogen-bond acceptors (Lipinski definition) is 4. The van der Waals surface area contributed by atoms with Crippen molar-refractivity contribution in [1.82, 2.24) is 10.1 Å². The second-order valence-corrected chi connectivity index (χ2v) is 1.51. The quantitative estimate of drug-likeness (QED) is 0.666. The van der Waals surface area contributed by atoms with Crippen LogP contribution in [0.1, 0.15) is 18.1 Å². The molecule has 0 aliphatic carbocycles. The van der Waals surface area contributed by atoms with E-state index < -0.39 is 18.9 Å². The van der Waals surface area contributed by atoms with Crippen molar-refractivity contribution < 1.29 is 18.4 Å². The number of aliphatic hydroxyl groups excluding tert-OH is 1. The van der Waals surface area contributed by atoms with E-state index in [1.165, 1.54) is 0 Å². The number of nitrogens with zero attached hydrogens (tertiary/aromatic N) is 2. The topological polar surface area (TPSA) is 59.2 Å². The average Bonchev–Trinajstić information content (AvgIpc) is 2.34. The van der Waals surface area contributed by atoms with E-state index in [4.69, 9.17) is 5.11 Å². The molecule has 0 unspecified atom stereocenters. The van der Waals surface area contributed by atoms with Gasteiger partial charge in [-0.2, -0.15) is 4.98 Å². The van der Waals surface area contributed by atoms with Gasteiger partial charge in [-0.3, -0.25) is 0 Å². The van der Waals surface area contributed by atoms with Gasteiger partial charge in [0.2, 0.25) is 5.82 Å². The minimum atomic E-state index is -2.75. The highest BCUT2D eigenvalue weighted by atomic mass is 19.3. The van der Waals surface area contributed by atoms with E-state index in [1.807, 2.05) is 0 Å². The van der Waals surface area contributed by atoms with Crippen molar-refractivity contribution in [2.75, 3.05) is 0 Å². The first-order valence-corrected chi connectivity index (χ1v) is 2.45. The van der Waals surface area contributed by atoms with Crippen molar-refractivity contribution in [3.8, 4) is 0 Å². The molecule has 1 N–H and O–H groups in total. The van der Waals surface area contributed by atoms with Gasteiger partial charge < -0.3 is 9.63 Å². The first-order valence-electron chi connectivity index (χ1n) is 2.45. The molecule has 0 aliphatic heterocycles. The molecule has 4 nitrogen and oxygen atoms in total. The average molecular weight is 150 g/mol. The Kier molecular flexibility index (Phi) is 1.91. The summed E-state index contributed by atoms with van der Waals surface area (Å²) in [7, 11) is 0. The molecule has 0 radical (unpaired) electrons. The first-order chi connectivity index (χ1) is 4.74. The summed E-state index contributed by atoms with van der Waals surface area (Å²) >= 11 is 0. The maximum Gasteiger partial charge on any atom is 0.300 e. The standard InChI is InChI=1S/C4H4F2N2O2/c5-3(6)4-7-2(1-9)10-8-4/h3,9H,1H2. The molecule has 1 aromatic heterocycles.